The quantitative estimate of drug-likeness (QED) is 0.417. The molecule has 2 aliphatic heterocycles. The number of rotatable bonds is 6. The molecule has 2 fully saturated rings. The predicted octanol–water partition coefficient (Wildman–Crippen LogP) is -2.12. The fourth-order valence-corrected chi connectivity index (χ4v) is 3.45. The maximum atomic E-state index is 12.8. The number of likely N-dealkylation sites (tertiary alicyclic amines) is 2. The van der Waals surface area contributed by atoms with E-state index < -0.39 is 54.5 Å². The molecular weight excluding hydrogens is 344 g/mol. The molecule has 0 aliphatic carbocycles. The maximum absolute atomic E-state index is 12.8. The number of aliphatic hydroxyl groups is 1. The van der Waals surface area contributed by atoms with Crippen molar-refractivity contribution < 1.29 is 29.4 Å². The summed E-state index contributed by atoms with van der Waals surface area (Å²) in [5, 5.41) is 21.1. The van der Waals surface area contributed by atoms with Crippen LogP contribution in [0.2, 0.25) is 0 Å². The number of amides is 3. The van der Waals surface area contributed by atoms with Gasteiger partial charge in [-0.15, -0.1) is 0 Å². The van der Waals surface area contributed by atoms with E-state index in [0.717, 1.165) is 0 Å². The Kier molecular flexibility index (Phi) is 6.54. The number of carboxylic acids is 1. The molecule has 0 spiro atoms. The topological polar surface area (TPSA) is 153 Å². The molecule has 0 aromatic heterocycles. The van der Waals surface area contributed by atoms with Crippen LogP contribution in [0.25, 0.3) is 0 Å². The minimum atomic E-state index is -1.18. The van der Waals surface area contributed by atoms with Gasteiger partial charge in [-0.2, -0.15) is 0 Å². The van der Waals surface area contributed by atoms with E-state index in [0.29, 0.717) is 38.8 Å². The monoisotopic (exact) mass is 370 g/mol. The van der Waals surface area contributed by atoms with Crippen molar-refractivity contribution in [2.75, 3.05) is 19.7 Å². The highest BCUT2D eigenvalue weighted by Crippen LogP contribution is 2.25. The Bertz CT molecular complexity index is 581. The number of aliphatic hydroxyl groups excluding tert-OH is 1. The van der Waals surface area contributed by atoms with Crippen molar-refractivity contribution >= 4 is 23.7 Å². The average Bonchev–Trinajstić information content (AvgIpc) is 3.26. The molecule has 0 saturated carbocycles. The average molecular weight is 370 g/mol. The lowest BCUT2D eigenvalue weighted by atomic mass is 10.1. The molecule has 0 radical (unpaired) electrons. The van der Waals surface area contributed by atoms with Gasteiger partial charge in [0.25, 0.3) is 0 Å². The molecule has 2 rings (SSSR count). The largest absolute Gasteiger partial charge is 0.480 e. The summed E-state index contributed by atoms with van der Waals surface area (Å²) in [6, 6.07) is -3.67. The first kappa shape index (κ1) is 20.1. The summed E-state index contributed by atoms with van der Waals surface area (Å²) in [5.74, 6) is -2.59. The van der Waals surface area contributed by atoms with E-state index >= 15 is 0 Å². The van der Waals surface area contributed by atoms with Crippen LogP contribution in [0.1, 0.15) is 32.6 Å². The van der Waals surface area contributed by atoms with E-state index in [4.69, 9.17) is 5.73 Å². The molecule has 4 unspecified atom stereocenters. The highest BCUT2D eigenvalue weighted by atomic mass is 16.4. The summed E-state index contributed by atoms with van der Waals surface area (Å²) in [5.41, 5.74) is 5.46. The van der Waals surface area contributed by atoms with E-state index in [2.05, 4.69) is 5.32 Å². The van der Waals surface area contributed by atoms with Crippen LogP contribution in [0.3, 0.4) is 0 Å². The molecule has 0 bridgehead atoms. The molecular formula is C16H26N4O6. The number of hydrogen-bond acceptors (Lipinski definition) is 6. The van der Waals surface area contributed by atoms with Crippen LogP contribution in [0.4, 0.5) is 0 Å². The number of nitrogens with two attached hydrogens (primary N) is 1. The number of carbonyl (C=O) groups excluding carboxylic acids is 3. The summed E-state index contributed by atoms with van der Waals surface area (Å²) in [6.45, 7) is 1.50. The van der Waals surface area contributed by atoms with Gasteiger partial charge in [0, 0.05) is 13.1 Å². The van der Waals surface area contributed by atoms with E-state index in [1.54, 1.807) is 0 Å². The number of carboxylic acid groups (broad SMARTS) is 1. The van der Waals surface area contributed by atoms with Crippen molar-refractivity contribution in [3.05, 3.63) is 0 Å². The zero-order valence-corrected chi connectivity index (χ0v) is 14.8. The molecule has 146 valence electrons. The molecule has 10 heteroatoms. The van der Waals surface area contributed by atoms with Gasteiger partial charge >= 0.3 is 5.97 Å². The Morgan fingerprint density at radius 3 is 2.23 bits per heavy atom. The molecule has 3 amide bonds. The van der Waals surface area contributed by atoms with Crippen molar-refractivity contribution in [2.45, 2.75) is 56.8 Å². The van der Waals surface area contributed by atoms with Crippen LogP contribution in [-0.4, -0.2) is 87.6 Å². The first-order chi connectivity index (χ1) is 12.3. The summed E-state index contributed by atoms with van der Waals surface area (Å²) >= 11 is 0. The highest BCUT2D eigenvalue weighted by molar-refractivity contribution is 5.94. The summed E-state index contributed by atoms with van der Waals surface area (Å²) in [6.07, 6.45) is 2.01. The number of nitrogens with zero attached hydrogens (tertiary/aromatic N) is 2. The van der Waals surface area contributed by atoms with Crippen LogP contribution in [0.5, 0.6) is 0 Å². The molecule has 0 aromatic carbocycles. The van der Waals surface area contributed by atoms with Gasteiger partial charge in [0.1, 0.15) is 18.1 Å². The number of hydrogen-bond donors (Lipinski definition) is 4. The summed E-state index contributed by atoms with van der Waals surface area (Å²) in [4.78, 5) is 51.2. The molecule has 5 N–H and O–H groups in total. The fourth-order valence-electron chi connectivity index (χ4n) is 3.45. The van der Waals surface area contributed by atoms with Gasteiger partial charge in [-0.1, -0.05) is 0 Å². The van der Waals surface area contributed by atoms with Crippen molar-refractivity contribution in [3.8, 4) is 0 Å². The zero-order valence-electron chi connectivity index (χ0n) is 14.8. The Hall–Kier alpha value is -2.20. The number of aliphatic carboxylic acids is 1. The predicted molar refractivity (Wildman–Crippen MR) is 89.8 cm³/mol. The third-order valence-corrected chi connectivity index (χ3v) is 4.85. The highest BCUT2D eigenvalue weighted by Gasteiger charge is 2.43. The molecule has 2 aliphatic rings. The molecule has 2 saturated heterocycles. The molecule has 26 heavy (non-hydrogen) atoms. The fraction of sp³-hybridized carbons (Fsp3) is 0.750. The van der Waals surface area contributed by atoms with Gasteiger partial charge in [-0.05, 0) is 32.6 Å². The maximum Gasteiger partial charge on any atom is 0.326 e. The van der Waals surface area contributed by atoms with Gasteiger partial charge in [0.2, 0.25) is 17.7 Å². The second kappa shape index (κ2) is 8.45. The normalized spacial score (nSPS) is 25.0. The lowest BCUT2D eigenvalue weighted by Gasteiger charge is -2.32. The van der Waals surface area contributed by atoms with Gasteiger partial charge < -0.3 is 31.1 Å². The van der Waals surface area contributed by atoms with E-state index in [1.165, 1.54) is 16.7 Å². The Morgan fingerprint density at radius 2 is 1.69 bits per heavy atom. The van der Waals surface area contributed by atoms with E-state index in [-0.39, 0.29) is 0 Å². The van der Waals surface area contributed by atoms with E-state index in [1.807, 2.05) is 0 Å². The molecule has 4 atom stereocenters. The third kappa shape index (κ3) is 4.13. The second-order valence-corrected chi connectivity index (χ2v) is 6.75. The van der Waals surface area contributed by atoms with Crippen LogP contribution >= 0.6 is 0 Å². The molecule has 10 nitrogen and oxygen atoms in total. The van der Waals surface area contributed by atoms with Gasteiger partial charge in [0.15, 0.2) is 0 Å². The van der Waals surface area contributed by atoms with Crippen molar-refractivity contribution in [2.24, 2.45) is 5.73 Å². The minimum absolute atomic E-state index is 0.311. The zero-order chi connectivity index (χ0) is 19.4. The number of nitrogens with one attached hydrogen (secondary N) is 1. The van der Waals surface area contributed by atoms with Gasteiger partial charge in [-0.25, -0.2) is 4.79 Å². The first-order valence-corrected chi connectivity index (χ1v) is 8.78. The lowest BCUT2D eigenvalue weighted by Crippen LogP contribution is -2.57. The number of carbonyl (C=O) groups is 4. The summed E-state index contributed by atoms with van der Waals surface area (Å²) in [7, 11) is 0. The third-order valence-electron chi connectivity index (χ3n) is 4.85. The van der Waals surface area contributed by atoms with Gasteiger partial charge in [0.05, 0.1) is 12.6 Å². The van der Waals surface area contributed by atoms with Crippen molar-refractivity contribution in [3.63, 3.8) is 0 Å². The smallest absolute Gasteiger partial charge is 0.326 e. The SMILES string of the molecule is CC(N)C(=O)NC(CO)C(=O)N1CCCC1C(=O)N1CCCC1C(=O)O. The minimum Gasteiger partial charge on any atom is -0.480 e. The standard InChI is InChI=1S/C16H26N4O6/c1-9(17)13(22)18-10(8-21)14(23)19-6-2-4-11(19)15(24)20-7-3-5-12(20)16(25)26/h9-12,21H,2-8,17H2,1H3,(H,18,22)(H,25,26). The van der Waals surface area contributed by atoms with Crippen LogP contribution in [0, 0.1) is 0 Å². The van der Waals surface area contributed by atoms with Crippen molar-refractivity contribution in [1.29, 1.82) is 0 Å². The Morgan fingerprint density at radius 1 is 1.12 bits per heavy atom. The molecule has 2 heterocycles. The van der Waals surface area contributed by atoms with Crippen LogP contribution in [-0.2, 0) is 19.2 Å². The van der Waals surface area contributed by atoms with Gasteiger partial charge in [-0.3, -0.25) is 14.4 Å². The second-order valence-electron chi connectivity index (χ2n) is 6.75. The molecule has 0 aromatic rings. The Balaban J connectivity index is 2.10. The van der Waals surface area contributed by atoms with E-state index in [9.17, 15) is 29.4 Å². The summed E-state index contributed by atoms with van der Waals surface area (Å²) < 4.78 is 0. The van der Waals surface area contributed by atoms with Crippen molar-refractivity contribution in [1.82, 2.24) is 15.1 Å². The lowest BCUT2D eigenvalue weighted by molar-refractivity contribution is -0.152. The first-order valence-electron chi connectivity index (χ1n) is 8.78. The van der Waals surface area contributed by atoms with Crippen LogP contribution < -0.4 is 11.1 Å². The van der Waals surface area contributed by atoms with Crippen LogP contribution in [0.15, 0.2) is 0 Å². The Labute approximate surface area is 151 Å².